The van der Waals surface area contributed by atoms with Crippen molar-refractivity contribution in [3.8, 4) is 17.3 Å². The van der Waals surface area contributed by atoms with Gasteiger partial charge in [0.2, 0.25) is 5.88 Å². The number of aryl methyl sites for hydroxylation is 1. The molecule has 7 nitrogen and oxygen atoms in total. The Morgan fingerprint density at radius 3 is 2.72 bits per heavy atom. The van der Waals surface area contributed by atoms with Gasteiger partial charge in [0.1, 0.15) is 23.9 Å². The molecule has 0 atom stereocenters. The molecule has 0 aliphatic heterocycles. The summed E-state index contributed by atoms with van der Waals surface area (Å²) in [7, 11) is 1.55. The van der Waals surface area contributed by atoms with E-state index in [1.807, 2.05) is 0 Å². The summed E-state index contributed by atoms with van der Waals surface area (Å²) in [5, 5.41) is 6.48. The first-order valence-corrected chi connectivity index (χ1v) is 7.46. The highest BCUT2D eigenvalue weighted by atomic mass is 19.1. The van der Waals surface area contributed by atoms with Crippen LogP contribution in [0.4, 0.5) is 4.39 Å². The van der Waals surface area contributed by atoms with Crippen molar-refractivity contribution in [2.45, 2.75) is 13.5 Å². The van der Waals surface area contributed by atoms with Gasteiger partial charge in [-0.3, -0.25) is 9.78 Å². The van der Waals surface area contributed by atoms with Crippen LogP contribution in [0.1, 0.15) is 21.7 Å². The number of amides is 1. The highest BCUT2D eigenvalue weighted by molar-refractivity contribution is 5.93. The zero-order valence-corrected chi connectivity index (χ0v) is 13.6. The third-order valence-electron chi connectivity index (χ3n) is 3.54. The van der Waals surface area contributed by atoms with Crippen LogP contribution in [0.15, 0.2) is 41.2 Å². The van der Waals surface area contributed by atoms with Gasteiger partial charge in [-0.15, -0.1) is 0 Å². The number of pyridine rings is 2. The molecule has 0 aromatic carbocycles. The van der Waals surface area contributed by atoms with Crippen molar-refractivity contribution in [2.24, 2.45) is 0 Å². The van der Waals surface area contributed by atoms with Crippen molar-refractivity contribution in [3.05, 3.63) is 59.4 Å². The van der Waals surface area contributed by atoms with Crippen LogP contribution >= 0.6 is 0 Å². The van der Waals surface area contributed by atoms with E-state index in [-0.39, 0.29) is 12.5 Å². The molecule has 8 heteroatoms. The Morgan fingerprint density at radius 1 is 1.24 bits per heavy atom. The van der Waals surface area contributed by atoms with Crippen molar-refractivity contribution < 1.29 is 18.4 Å². The van der Waals surface area contributed by atoms with Gasteiger partial charge in [0.15, 0.2) is 0 Å². The lowest BCUT2D eigenvalue weighted by atomic mass is 10.1. The molecule has 25 heavy (non-hydrogen) atoms. The van der Waals surface area contributed by atoms with Crippen LogP contribution < -0.4 is 10.1 Å². The maximum absolute atomic E-state index is 13.0. The predicted octanol–water partition coefficient (Wildman–Crippen LogP) is 2.52. The molecule has 3 aromatic rings. The number of nitrogens with one attached hydrogen (secondary N) is 1. The van der Waals surface area contributed by atoms with Gasteiger partial charge in [-0.2, -0.15) is 0 Å². The molecule has 0 saturated heterocycles. The topological polar surface area (TPSA) is 90.1 Å². The van der Waals surface area contributed by atoms with E-state index < -0.39 is 5.82 Å². The molecule has 3 aromatic heterocycles. The third kappa shape index (κ3) is 3.63. The molecule has 1 N–H and O–H groups in total. The van der Waals surface area contributed by atoms with Gasteiger partial charge in [-0.05, 0) is 25.1 Å². The van der Waals surface area contributed by atoms with Crippen molar-refractivity contribution in [2.75, 3.05) is 7.05 Å². The van der Waals surface area contributed by atoms with Crippen molar-refractivity contribution in [1.29, 1.82) is 0 Å². The normalized spacial score (nSPS) is 10.5. The quantitative estimate of drug-likeness (QED) is 0.766. The summed E-state index contributed by atoms with van der Waals surface area (Å²) in [4.78, 5) is 19.6. The minimum absolute atomic E-state index is 0.149. The number of hydrogen-bond donors (Lipinski definition) is 1. The highest BCUT2D eigenvalue weighted by Crippen LogP contribution is 2.25. The molecule has 0 radical (unpaired) electrons. The number of carbonyl (C=O) groups is 1. The highest BCUT2D eigenvalue weighted by Gasteiger charge is 2.17. The fourth-order valence-corrected chi connectivity index (χ4v) is 2.17. The fraction of sp³-hybridized carbons (Fsp3) is 0.176. The minimum atomic E-state index is -0.429. The second-order valence-corrected chi connectivity index (χ2v) is 5.18. The van der Waals surface area contributed by atoms with Gasteiger partial charge in [0, 0.05) is 19.3 Å². The monoisotopic (exact) mass is 342 g/mol. The zero-order chi connectivity index (χ0) is 17.8. The van der Waals surface area contributed by atoms with Gasteiger partial charge in [-0.25, -0.2) is 9.37 Å². The molecule has 0 aliphatic rings. The summed E-state index contributed by atoms with van der Waals surface area (Å²) in [6.07, 6.45) is 2.54. The van der Waals surface area contributed by atoms with Crippen molar-refractivity contribution in [3.63, 3.8) is 0 Å². The third-order valence-corrected chi connectivity index (χ3v) is 3.54. The van der Waals surface area contributed by atoms with E-state index in [2.05, 4.69) is 20.4 Å². The Morgan fingerprint density at radius 2 is 2.08 bits per heavy atom. The summed E-state index contributed by atoms with van der Waals surface area (Å²) in [6, 6.07) is 6.04. The number of carbonyl (C=O) groups excluding carboxylic acids is 1. The number of aromatic nitrogens is 3. The van der Waals surface area contributed by atoms with Crippen molar-refractivity contribution in [1.82, 2.24) is 20.4 Å². The lowest BCUT2D eigenvalue weighted by Crippen LogP contribution is -2.17. The van der Waals surface area contributed by atoms with Crippen LogP contribution in [0.25, 0.3) is 11.4 Å². The first-order chi connectivity index (χ1) is 12.1. The second-order valence-electron chi connectivity index (χ2n) is 5.18. The lowest BCUT2D eigenvalue weighted by Gasteiger charge is -2.06. The number of nitrogens with zero attached hydrogens (tertiary/aromatic N) is 3. The molecule has 0 unspecified atom stereocenters. The van der Waals surface area contributed by atoms with E-state index in [0.717, 1.165) is 6.20 Å². The maximum Gasteiger partial charge on any atom is 0.252 e. The second kappa shape index (κ2) is 7.08. The largest absolute Gasteiger partial charge is 0.473 e. The number of rotatable bonds is 5. The van der Waals surface area contributed by atoms with Crippen LogP contribution in [0.5, 0.6) is 5.88 Å². The summed E-state index contributed by atoms with van der Waals surface area (Å²) in [5.41, 5.74) is 2.10. The fourth-order valence-electron chi connectivity index (χ4n) is 2.17. The predicted molar refractivity (Wildman–Crippen MR) is 86.4 cm³/mol. The molecule has 0 aliphatic carbocycles. The van der Waals surface area contributed by atoms with Crippen LogP contribution in [-0.2, 0) is 6.61 Å². The lowest BCUT2D eigenvalue weighted by molar-refractivity contribution is 0.0962. The SMILES string of the molecule is CNC(=O)c1ccc(OCc2c(-c3ccc(F)cn3)noc2C)nc1. The van der Waals surface area contributed by atoms with E-state index >= 15 is 0 Å². The van der Waals surface area contributed by atoms with Crippen molar-refractivity contribution >= 4 is 5.91 Å². The smallest absolute Gasteiger partial charge is 0.252 e. The first-order valence-electron chi connectivity index (χ1n) is 7.46. The summed E-state index contributed by atoms with van der Waals surface area (Å²) in [5.74, 6) is 0.273. The minimum Gasteiger partial charge on any atom is -0.473 e. The van der Waals surface area contributed by atoms with Gasteiger partial charge in [0.05, 0.1) is 23.0 Å². The van der Waals surface area contributed by atoms with E-state index in [1.165, 1.54) is 18.3 Å². The zero-order valence-electron chi connectivity index (χ0n) is 13.6. The van der Waals surface area contributed by atoms with Gasteiger partial charge in [0.25, 0.3) is 5.91 Å². The number of hydrogen-bond acceptors (Lipinski definition) is 6. The van der Waals surface area contributed by atoms with Gasteiger partial charge < -0.3 is 14.6 Å². The Labute approximate surface area is 142 Å². The number of ether oxygens (including phenoxy) is 1. The Hall–Kier alpha value is -3.29. The Kier molecular flexibility index (Phi) is 4.69. The summed E-state index contributed by atoms with van der Waals surface area (Å²) in [6.45, 7) is 1.90. The molecule has 3 heterocycles. The van der Waals surface area contributed by atoms with Gasteiger partial charge in [-0.1, -0.05) is 5.16 Å². The molecule has 1 amide bonds. The van der Waals surface area contributed by atoms with E-state index in [1.54, 1.807) is 26.1 Å². The van der Waals surface area contributed by atoms with E-state index in [0.29, 0.717) is 34.2 Å². The molecule has 3 rings (SSSR count). The van der Waals surface area contributed by atoms with Crippen LogP contribution in [-0.4, -0.2) is 28.1 Å². The standard InChI is InChI=1S/C17H15FN4O3/c1-10-13(16(22-25-10)14-5-4-12(18)8-20-14)9-24-15-6-3-11(7-21-15)17(23)19-2/h3-8H,9H2,1-2H3,(H,19,23). The molecular formula is C17H15FN4O3. The summed E-state index contributed by atoms with van der Waals surface area (Å²) < 4.78 is 23.9. The molecule has 0 saturated carbocycles. The van der Waals surface area contributed by atoms with E-state index in [9.17, 15) is 9.18 Å². The molecule has 0 spiro atoms. The molecule has 0 bridgehead atoms. The Balaban J connectivity index is 1.76. The Bertz CT molecular complexity index is 876. The summed E-state index contributed by atoms with van der Waals surface area (Å²) >= 11 is 0. The average Bonchev–Trinajstić information content (AvgIpc) is 3.01. The van der Waals surface area contributed by atoms with Crippen LogP contribution in [0.3, 0.4) is 0 Å². The average molecular weight is 342 g/mol. The maximum atomic E-state index is 13.0. The number of halogens is 1. The molecule has 0 fully saturated rings. The van der Waals surface area contributed by atoms with E-state index in [4.69, 9.17) is 9.26 Å². The van der Waals surface area contributed by atoms with Crippen LogP contribution in [0, 0.1) is 12.7 Å². The first kappa shape index (κ1) is 16.6. The molecule has 128 valence electrons. The van der Waals surface area contributed by atoms with Gasteiger partial charge >= 0.3 is 0 Å². The van der Waals surface area contributed by atoms with Crippen LogP contribution in [0.2, 0.25) is 0 Å². The molecular weight excluding hydrogens is 327 g/mol.